The molecule has 0 aromatic heterocycles. The fourth-order valence-electron chi connectivity index (χ4n) is 13.5. The zero-order valence-corrected chi connectivity index (χ0v) is 69.4. The van der Waals surface area contributed by atoms with E-state index in [9.17, 15) is 53.3 Å². The maximum atomic E-state index is 14.7. The third kappa shape index (κ3) is 56.6. The monoisotopic (exact) mass is 1520 g/mol. The first kappa shape index (κ1) is 102. The summed E-state index contributed by atoms with van der Waals surface area (Å²) in [4.78, 5) is 107. The van der Waals surface area contributed by atoms with Gasteiger partial charge in [-0.25, -0.2) is 4.57 Å². The highest BCUT2D eigenvalue weighted by atomic mass is 31.2. The number of phosphoric ester groups is 1. The van der Waals surface area contributed by atoms with E-state index in [0.717, 1.165) is 180 Å². The van der Waals surface area contributed by atoms with Crippen molar-refractivity contribution < 1.29 is 86.3 Å². The zero-order valence-electron chi connectivity index (χ0n) is 68.5. The van der Waals surface area contributed by atoms with Crippen molar-refractivity contribution in [2.24, 2.45) is 0 Å². The summed E-state index contributed by atoms with van der Waals surface area (Å²) in [6.07, 6.45) is 36.0. The third-order valence-electron chi connectivity index (χ3n) is 20.0. The summed E-state index contributed by atoms with van der Waals surface area (Å²) in [6, 6.07) is -2.92. The van der Waals surface area contributed by atoms with E-state index in [1.807, 2.05) is 6.92 Å². The fourth-order valence-corrected chi connectivity index (χ4v) is 14.1. The largest absolute Gasteiger partial charge is 0.470 e. The van der Waals surface area contributed by atoms with Gasteiger partial charge in [0.15, 0.2) is 12.4 Å². The molecule has 0 aromatic carbocycles. The molecule has 1 fully saturated rings. The second-order valence-corrected chi connectivity index (χ2v) is 31.1. The molecule has 1 aliphatic rings. The van der Waals surface area contributed by atoms with Gasteiger partial charge in [0.25, 0.3) is 5.79 Å². The van der Waals surface area contributed by atoms with Gasteiger partial charge >= 0.3 is 31.7 Å². The van der Waals surface area contributed by atoms with Crippen LogP contribution in [0.2, 0.25) is 0 Å². The van der Waals surface area contributed by atoms with Crippen LogP contribution in [0.4, 0.5) is 0 Å². The number of phosphoric acid groups is 1. The van der Waals surface area contributed by atoms with Crippen molar-refractivity contribution in [3.63, 3.8) is 0 Å². The lowest BCUT2D eigenvalue weighted by atomic mass is 9.92. The molecule has 0 aromatic rings. The molecule has 1 heterocycles. The number of rotatable bonds is 71. The van der Waals surface area contributed by atoms with Gasteiger partial charge in [0.2, 0.25) is 11.8 Å². The number of unbranched alkanes of at least 4 members (excludes halogenated alkanes) is 38. The number of nitrogens with zero attached hydrogens (tertiary/aromatic N) is 1. The molecule has 1 aliphatic heterocycles. The lowest BCUT2D eigenvalue weighted by molar-refractivity contribution is -0.356. The molecule has 1 rings (SSSR count). The average molecular weight is 1520 g/mol. The average Bonchev–Trinajstić information content (AvgIpc) is 0.748. The van der Waals surface area contributed by atoms with Crippen LogP contribution in [-0.2, 0) is 66.3 Å². The highest BCUT2D eigenvalue weighted by Gasteiger charge is 2.62. The van der Waals surface area contributed by atoms with Crippen molar-refractivity contribution in [1.82, 2.24) is 15.5 Å². The van der Waals surface area contributed by atoms with Crippen LogP contribution in [-0.4, -0.2) is 148 Å². The molecule has 9 atom stereocenters. The Morgan fingerprint density at radius 3 is 1.07 bits per heavy atom. The van der Waals surface area contributed by atoms with Gasteiger partial charge in [0.1, 0.15) is 30.5 Å². The standard InChI is InChI=1S/C77H145N2O18P.C6H15N/c1-8-14-20-25-30-33-38-41-47-52-64(92-71(84)56-50-44-36-28-23-17-11-4)58-68(81)78-63(7)62-91-76-74(79-69(82)59-65(93-70(83)55-46-19-13-6)53-48-42-39-34-31-26-21-15-9-2)77(87,75(67(61-80)95-76)97-98(88,89)90)96-73(86)60-66(54-49-43-40-35-32-27-22-16-10-3)94-72(85)57-51-45-37-29-24-18-12-5;1-4-7(5-2)6-3/h63-67,74-76,80,87H,8-62H2,1-7H3,(H,78,81)(H,79,82)(H2,88,89,90);4-6H2,1-3H3/t63-,64-,65-,66-,67-,74-,75-,76+,77-;/m1./s1. The minimum absolute atomic E-state index is 0.113. The summed E-state index contributed by atoms with van der Waals surface area (Å²) in [6.45, 7) is 23.2. The van der Waals surface area contributed by atoms with Gasteiger partial charge in [-0.2, -0.15) is 0 Å². The van der Waals surface area contributed by atoms with Gasteiger partial charge < -0.3 is 64.0 Å². The van der Waals surface area contributed by atoms with Crippen LogP contribution in [0.5, 0.6) is 0 Å². The van der Waals surface area contributed by atoms with Crippen LogP contribution in [0.3, 0.4) is 0 Å². The number of carbonyl (C=O) groups is 6. The number of nitrogens with one attached hydrogen (secondary N) is 2. The van der Waals surface area contributed by atoms with Crippen LogP contribution in [0.1, 0.15) is 410 Å². The molecule has 22 heteroatoms. The summed E-state index contributed by atoms with van der Waals surface area (Å²) in [7, 11) is -5.67. The summed E-state index contributed by atoms with van der Waals surface area (Å²) < 4.78 is 54.5. The Kier molecular flexibility index (Phi) is 66.6. The second-order valence-electron chi connectivity index (χ2n) is 29.9. The number of aliphatic hydroxyl groups is 2. The first-order valence-corrected chi connectivity index (χ1v) is 44.6. The number of aliphatic hydroxyl groups excluding tert-OH is 1. The number of hydrogen-bond donors (Lipinski definition) is 6. The van der Waals surface area contributed by atoms with Gasteiger partial charge in [-0.3, -0.25) is 33.3 Å². The summed E-state index contributed by atoms with van der Waals surface area (Å²) in [5, 5.41) is 29.6. The molecular formula is C83H160N3O18P. The SMILES string of the molecule is CCCCCCCCCCC[C@H](CC(=O)N[C@H](C)CO[C@H]1O[C@H](CO)[C@@H](OP(=O)(O)O)[C@](O)(OC(=O)C[C@@H](CCCCCCCCCCC)OC(=O)CCCCCCCCC)[C@@H]1NC(=O)C[C@@H](CCCCCCCCCCC)OC(=O)CCCCC)OC(=O)CCCCCCCCC.CCN(CC)CC. The van der Waals surface area contributed by atoms with E-state index < -0.39 is 118 Å². The van der Waals surface area contributed by atoms with Crippen LogP contribution in [0.15, 0.2) is 0 Å². The van der Waals surface area contributed by atoms with Crippen LogP contribution >= 0.6 is 7.82 Å². The first-order valence-electron chi connectivity index (χ1n) is 43.1. The second kappa shape index (κ2) is 68.7. The van der Waals surface area contributed by atoms with Gasteiger partial charge in [0, 0.05) is 25.3 Å². The molecule has 0 bridgehead atoms. The molecule has 0 radical (unpaired) electrons. The Morgan fingerprint density at radius 2 is 0.743 bits per heavy atom. The smallest absolute Gasteiger partial charge is 0.462 e. The van der Waals surface area contributed by atoms with Crippen molar-refractivity contribution in [2.75, 3.05) is 32.8 Å². The van der Waals surface area contributed by atoms with Crippen molar-refractivity contribution in [3.05, 3.63) is 0 Å². The number of amides is 2. The predicted molar refractivity (Wildman–Crippen MR) is 421 cm³/mol. The normalized spacial score (nSPS) is 17.8. The molecule has 0 saturated carbocycles. The molecule has 21 nitrogen and oxygen atoms in total. The Bertz CT molecular complexity index is 2150. The van der Waals surface area contributed by atoms with Crippen molar-refractivity contribution in [2.45, 2.75) is 464 Å². The van der Waals surface area contributed by atoms with Crippen molar-refractivity contribution in [3.8, 4) is 0 Å². The maximum absolute atomic E-state index is 14.7. The molecule has 1 saturated heterocycles. The topological polar surface area (TPSA) is 292 Å². The molecule has 0 spiro atoms. The molecule has 105 heavy (non-hydrogen) atoms. The molecular weight excluding hydrogens is 1360 g/mol. The van der Waals surface area contributed by atoms with E-state index in [-0.39, 0.29) is 38.1 Å². The van der Waals surface area contributed by atoms with E-state index in [2.05, 4.69) is 70.9 Å². The van der Waals surface area contributed by atoms with Crippen LogP contribution in [0, 0.1) is 0 Å². The van der Waals surface area contributed by atoms with Crippen LogP contribution in [0.25, 0.3) is 0 Å². The molecule has 0 unspecified atom stereocenters. The van der Waals surface area contributed by atoms with Crippen molar-refractivity contribution in [1.29, 1.82) is 0 Å². The Morgan fingerprint density at radius 1 is 0.438 bits per heavy atom. The Hall–Kier alpha value is -3.27. The lowest BCUT2D eigenvalue weighted by Gasteiger charge is -2.50. The lowest BCUT2D eigenvalue weighted by Crippen LogP contribution is -2.74. The summed E-state index contributed by atoms with van der Waals surface area (Å²) in [5.74, 6) is -7.16. The summed E-state index contributed by atoms with van der Waals surface area (Å²) in [5.41, 5.74) is 0. The van der Waals surface area contributed by atoms with Gasteiger partial charge in [0.05, 0.1) is 32.5 Å². The molecule has 6 N–H and O–H groups in total. The van der Waals surface area contributed by atoms with E-state index in [1.54, 1.807) is 6.92 Å². The number of carbonyl (C=O) groups excluding carboxylic acids is 6. The van der Waals surface area contributed by atoms with Gasteiger partial charge in [-0.15, -0.1) is 0 Å². The quantitative estimate of drug-likeness (QED) is 0.0108. The van der Waals surface area contributed by atoms with E-state index in [1.165, 1.54) is 90.3 Å². The van der Waals surface area contributed by atoms with Crippen molar-refractivity contribution >= 4 is 43.5 Å². The molecule has 620 valence electrons. The van der Waals surface area contributed by atoms with Crippen LogP contribution < -0.4 is 10.6 Å². The highest BCUT2D eigenvalue weighted by Crippen LogP contribution is 2.45. The highest BCUT2D eigenvalue weighted by molar-refractivity contribution is 7.46. The van der Waals surface area contributed by atoms with Gasteiger partial charge in [-0.05, 0) is 84.3 Å². The van der Waals surface area contributed by atoms with E-state index >= 15 is 0 Å². The van der Waals surface area contributed by atoms with E-state index in [0.29, 0.717) is 44.9 Å². The Labute approximate surface area is 639 Å². The third-order valence-corrected chi connectivity index (χ3v) is 20.5. The number of hydrogen-bond acceptors (Lipinski definition) is 17. The number of esters is 4. The minimum atomic E-state index is -5.67. The van der Waals surface area contributed by atoms with E-state index in [4.69, 9.17) is 32.9 Å². The molecule has 2 amide bonds. The Balaban J connectivity index is 0.0000146. The minimum Gasteiger partial charge on any atom is -0.462 e. The molecule has 0 aliphatic carbocycles. The van der Waals surface area contributed by atoms with Gasteiger partial charge in [-0.1, -0.05) is 306 Å². The predicted octanol–water partition coefficient (Wildman–Crippen LogP) is 19.3. The maximum Gasteiger partial charge on any atom is 0.470 e. The summed E-state index contributed by atoms with van der Waals surface area (Å²) >= 11 is 0. The first-order chi connectivity index (χ1) is 50.6. The number of ether oxygens (including phenoxy) is 6. The zero-order chi connectivity index (χ0) is 78.0. The fraction of sp³-hybridized carbons (Fsp3) is 0.928.